The fourth-order valence-corrected chi connectivity index (χ4v) is 3.84. The number of aromatic nitrogens is 2. The lowest BCUT2D eigenvalue weighted by atomic mass is 10.0. The summed E-state index contributed by atoms with van der Waals surface area (Å²) in [6.45, 7) is 2.12. The number of aryl methyl sites for hydroxylation is 1. The third-order valence-corrected chi connectivity index (χ3v) is 5.27. The van der Waals surface area contributed by atoms with Gasteiger partial charge < -0.3 is 10.3 Å². The molecule has 0 aliphatic heterocycles. The summed E-state index contributed by atoms with van der Waals surface area (Å²) in [4.78, 5) is 4.38. The van der Waals surface area contributed by atoms with Crippen molar-refractivity contribution in [2.24, 2.45) is 12.8 Å². The zero-order valence-electron chi connectivity index (χ0n) is 11.1. The minimum Gasteiger partial charge on any atom is -0.329 e. The molecule has 1 aromatic carbocycles. The minimum atomic E-state index is 0.0976. The topological polar surface area (TPSA) is 43.8 Å². The fourth-order valence-electron chi connectivity index (χ4n) is 1.88. The smallest absolute Gasteiger partial charge is 0.168 e. The molecule has 1 heterocycles. The summed E-state index contributed by atoms with van der Waals surface area (Å²) in [5.74, 6) is 0. The Kier molecular flexibility index (Phi) is 5.07. The van der Waals surface area contributed by atoms with E-state index in [0.29, 0.717) is 0 Å². The van der Waals surface area contributed by atoms with E-state index in [-0.39, 0.29) is 11.3 Å². The van der Waals surface area contributed by atoms with Gasteiger partial charge in [-0.15, -0.1) is 0 Å². The van der Waals surface area contributed by atoms with Gasteiger partial charge in [-0.2, -0.15) is 0 Å². The maximum absolute atomic E-state index is 6.31. The van der Waals surface area contributed by atoms with Crippen LogP contribution in [0, 0.1) is 0 Å². The molecule has 102 valence electrons. The Bertz CT molecular complexity index is 541. The maximum Gasteiger partial charge on any atom is 0.168 e. The van der Waals surface area contributed by atoms with Gasteiger partial charge in [-0.3, -0.25) is 0 Å². The largest absolute Gasteiger partial charge is 0.329 e. The van der Waals surface area contributed by atoms with Crippen LogP contribution in [0.2, 0.25) is 0 Å². The Morgan fingerprint density at radius 2 is 2.16 bits per heavy atom. The van der Waals surface area contributed by atoms with Crippen molar-refractivity contribution < 1.29 is 0 Å². The van der Waals surface area contributed by atoms with Crippen molar-refractivity contribution in [2.75, 3.05) is 0 Å². The van der Waals surface area contributed by atoms with Crippen LogP contribution in [-0.2, 0) is 7.05 Å². The predicted octanol–water partition coefficient (Wildman–Crippen LogP) is 3.75. The molecule has 0 saturated carbocycles. The van der Waals surface area contributed by atoms with E-state index >= 15 is 0 Å². The molecule has 0 bridgehead atoms. The van der Waals surface area contributed by atoms with E-state index in [1.165, 1.54) is 5.56 Å². The number of imidazole rings is 1. The molecule has 5 heteroatoms. The number of benzene rings is 1. The number of hydrogen-bond acceptors (Lipinski definition) is 3. The van der Waals surface area contributed by atoms with Crippen molar-refractivity contribution in [1.82, 2.24) is 9.55 Å². The maximum atomic E-state index is 6.31. The van der Waals surface area contributed by atoms with Crippen molar-refractivity contribution in [2.45, 2.75) is 29.8 Å². The number of thioether (sulfide) groups is 1. The van der Waals surface area contributed by atoms with Crippen LogP contribution in [0.3, 0.4) is 0 Å². The van der Waals surface area contributed by atoms with E-state index in [0.717, 1.165) is 16.0 Å². The van der Waals surface area contributed by atoms with Crippen LogP contribution in [0.1, 0.15) is 24.2 Å². The Balaban J connectivity index is 2.32. The molecule has 0 spiro atoms. The minimum absolute atomic E-state index is 0.0976. The first-order valence-electron chi connectivity index (χ1n) is 6.27. The molecule has 2 N–H and O–H groups in total. The lowest BCUT2D eigenvalue weighted by molar-refractivity contribution is 0.629. The highest BCUT2D eigenvalue weighted by molar-refractivity contribution is 9.10. The SMILES string of the molecule is CCC(N)C(Sc1nccn1C)c1ccccc1Br. The second-order valence-corrected chi connectivity index (χ2v) is 6.42. The van der Waals surface area contributed by atoms with Gasteiger partial charge in [0.25, 0.3) is 0 Å². The molecule has 3 nitrogen and oxygen atoms in total. The Morgan fingerprint density at radius 3 is 2.74 bits per heavy atom. The summed E-state index contributed by atoms with van der Waals surface area (Å²) >= 11 is 5.34. The zero-order chi connectivity index (χ0) is 13.8. The van der Waals surface area contributed by atoms with Crippen LogP contribution in [0.15, 0.2) is 46.3 Å². The summed E-state index contributed by atoms with van der Waals surface area (Å²) in [7, 11) is 2.00. The van der Waals surface area contributed by atoms with Gasteiger partial charge in [0.15, 0.2) is 5.16 Å². The second-order valence-electron chi connectivity index (χ2n) is 4.45. The third-order valence-electron chi connectivity index (χ3n) is 3.08. The molecular weight excluding hydrogens is 322 g/mol. The van der Waals surface area contributed by atoms with Crippen LogP contribution in [0.4, 0.5) is 0 Å². The molecule has 2 unspecified atom stereocenters. The lowest BCUT2D eigenvalue weighted by Gasteiger charge is -2.23. The van der Waals surface area contributed by atoms with Crippen LogP contribution in [0.25, 0.3) is 0 Å². The standard InChI is InChI=1S/C14H18BrN3S/c1-3-12(16)13(10-6-4-5-7-11(10)15)19-14-17-8-9-18(14)2/h4-9,12-13H,3,16H2,1-2H3. The molecule has 0 fully saturated rings. The van der Waals surface area contributed by atoms with Crippen molar-refractivity contribution in [3.63, 3.8) is 0 Å². The van der Waals surface area contributed by atoms with Gasteiger partial charge >= 0.3 is 0 Å². The molecule has 0 aliphatic carbocycles. The van der Waals surface area contributed by atoms with Crippen molar-refractivity contribution in [1.29, 1.82) is 0 Å². The monoisotopic (exact) mass is 339 g/mol. The van der Waals surface area contributed by atoms with E-state index in [9.17, 15) is 0 Å². The van der Waals surface area contributed by atoms with Gasteiger partial charge in [-0.05, 0) is 18.1 Å². The molecule has 2 aromatic rings. The lowest BCUT2D eigenvalue weighted by Crippen LogP contribution is -2.26. The molecule has 2 rings (SSSR count). The molecule has 0 aliphatic rings. The molecule has 1 aromatic heterocycles. The predicted molar refractivity (Wildman–Crippen MR) is 84.2 cm³/mol. The first-order chi connectivity index (χ1) is 9.13. The first-order valence-corrected chi connectivity index (χ1v) is 7.94. The van der Waals surface area contributed by atoms with Crippen LogP contribution < -0.4 is 5.73 Å². The average Bonchev–Trinajstić information content (AvgIpc) is 2.81. The van der Waals surface area contributed by atoms with E-state index in [1.54, 1.807) is 11.8 Å². The first kappa shape index (κ1) is 14.6. The number of rotatable bonds is 5. The summed E-state index contributed by atoms with van der Waals surface area (Å²) in [5, 5.41) is 1.19. The number of halogens is 1. The van der Waals surface area contributed by atoms with Crippen molar-refractivity contribution in [3.05, 3.63) is 46.7 Å². The third kappa shape index (κ3) is 3.41. The van der Waals surface area contributed by atoms with Gasteiger partial charge in [0.1, 0.15) is 0 Å². The zero-order valence-corrected chi connectivity index (χ0v) is 13.5. The molecule has 0 amide bonds. The number of nitrogens with two attached hydrogens (primary N) is 1. The average molecular weight is 340 g/mol. The van der Waals surface area contributed by atoms with E-state index in [1.807, 2.05) is 30.1 Å². The normalized spacial score (nSPS) is 14.3. The van der Waals surface area contributed by atoms with Crippen molar-refractivity contribution >= 4 is 27.7 Å². The van der Waals surface area contributed by atoms with E-state index in [4.69, 9.17) is 5.73 Å². The van der Waals surface area contributed by atoms with Crippen LogP contribution in [-0.4, -0.2) is 15.6 Å². The molecule has 0 radical (unpaired) electrons. The van der Waals surface area contributed by atoms with Crippen molar-refractivity contribution in [3.8, 4) is 0 Å². The fraction of sp³-hybridized carbons (Fsp3) is 0.357. The molecule has 0 saturated heterocycles. The number of hydrogen-bond donors (Lipinski definition) is 1. The number of nitrogens with zero attached hydrogens (tertiary/aromatic N) is 2. The summed E-state index contributed by atoms with van der Waals surface area (Å²) in [5.41, 5.74) is 7.53. The van der Waals surface area contributed by atoms with Crippen LogP contribution in [0.5, 0.6) is 0 Å². The summed E-state index contributed by atoms with van der Waals surface area (Å²) in [6, 6.07) is 8.35. The van der Waals surface area contributed by atoms with E-state index in [2.05, 4.69) is 46.0 Å². The van der Waals surface area contributed by atoms with Gasteiger partial charge in [0, 0.05) is 30.0 Å². The Morgan fingerprint density at radius 1 is 1.42 bits per heavy atom. The molecule has 19 heavy (non-hydrogen) atoms. The summed E-state index contributed by atoms with van der Waals surface area (Å²) in [6.07, 6.45) is 4.71. The highest BCUT2D eigenvalue weighted by Gasteiger charge is 2.23. The van der Waals surface area contributed by atoms with Crippen LogP contribution >= 0.6 is 27.7 Å². The molecule has 2 atom stereocenters. The Labute approximate surface area is 126 Å². The van der Waals surface area contributed by atoms with Gasteiger partial charge in [-0.25, -0.2) is 4.98 Å². The second kappa shape index (κ2) is 6.59. The highest BCUT2D eigenvalue weighted by atomic mass is 79.9. The highest BCUT2D eigenvalue weighted by Crippen LogP contribution is 2.40. The molecular formula is C14H18BrN3S. The summed E-state index contributed by atoms with van der Waals surface area (Å²) < 4.78 is 3.13. The quantitative estimate of drug-likeness (QED) is 0.843. The van der Waals surface area contributed by atoms with Gasteiger partial charge in [0.2, 0.25) is 0 Å². The van der Waals surface area contributed by atoms with E-state index < -0.39 is 0 Å². The Hall–Kier alpha value is -0.780. The van der Waals surface area contributed by atoms with Gasteiger partial charge in [-0.1, -0.05) is 52.8 Å². The van der Waals surface area contributed by atoms with Gasteiger partial charge in [0.05, 0.1) is 5.25 Å².